The monoisotopic (exact) mass is 302 g/mol. The fourth-order valence-corrected chi connectivity index (χ4v) is 2.41. The number of nitrogens with one attached hydrogen (secondary N) is 1. The minimum atomic E-state index is -4.40. The molecule has 1 aromatic carbocycles. The van der Waals surface area contributed by atoms with Crippen LogP contribution in [0.5, 0.6) is 5.75 Å². The van der Waals surface area contributed by atoms with Gasteiger partial charge in [-0.25, -0.2) is 4.79 Å². The van der Waals surface area contributed by atoms with Gasteiger partial charge < -0.3 is 15.0 Å². The zero-order valence-electron chi connectivity index (χ0n) is 11.6. The Labute approximate surface area is 120 Å². The van der Waals surface area contributed by atoms with Gasteiger partial charge in [0.1, 0.15) is 11.8 Å². The van der Waals surface area contributed by atoms with Gasteiger partial charge in [0.05, 0.1) is 7.11 Å². The van der Waals surface area contributed by atoms with Crippen molar-refractivity contribution in [3.8, 4) is 5.75 Å². The van der Waals surface area contributed by atoms with Crippen molar-refractivity contribution in [2.24, 2.45) is 0 Å². The number of methoxy groups -OCH3 is 1. The number of nitrogens with zero attached hydrogens (tertiary/aromatic N) is 1. The summed E-state index contributed by atoms with van der Waals surface area (Å²) in [5.41, 5.74) is 0.408. The van der Waals surface area contributed by atoms with Crippen LogP contribution in [0.25, 0.3) is 0 Å². The molecule has 0 aromatic heterocycles. The van der Waals surface area contributed by atoms with E-state index in [-0.39, 0.29) is 13.0 Å². The van der Waals surface area contributed by atoms with E-state index in [1.165, 1.54) is 7.11 Å². The molecule has 0 saturated carbocycles. The first kappa shape index (κ1) is 15.5. The van der Waals surface area contributed by atoms with Crippen molar-refractivity contribution in [3.05, 3.63) is 24.3 Å². The molecule has 116 valence electrons. The summed E-state index contributed by atoms with van der Waals surface area (Å²) in [5, 5.41) is 2.50. The minimum Gasteiger partial charge on any atom is -0.497 e. The lowest BCUT2D eigenvalue weighted by Gasteiger charge is -2.36. The predicted octanol–water partition coefficient (Wildman–Crippen LogP) is 3.64. The van der Waals surface area contributed by atoms with Gasteiger partial charge in [-0.3, -0.25) is 0 Å². The number of benzene rings is 1. The number of likely N-dealkylation sites (tertiary alicyclic amines) is 1. The molecule has 7 heteroatoms. The van der Waals surface area contributed by atoms with Gasteiger partial charge in [0.15, 0.2) is 0 Å². The van der Waals surface area contributed by atoms with Crippen LogP contribution in [0.15, 0.2) is 24.3 Å². The number of ether oxygens (including phenoxy) is 1. The third-order valence-corrected chi connectivity index (χ3v) is 3.46. The van der Waals surface area contributed by atoms with E-state index in [0.29, 0.717) is 24.3 Å². The van der Waals surface area contributed by atoms with E-state index in [1.807, 2.05) is 0 Å². The summed E-state index contributed by atoms with van der Waals surface area (Å²) in [6.45, 7) is 0.111. The molecule has 1 aliphatic rings. The van der Waals surface area contributed by atoms with Crippen molar-refractivity contribution in [2.45, 2.75) is 31.5 Å². The van der Waals surface area contributed by atoms with Gasteiger partial charge in [0, 0.05) is 18.3 Å². The summed E-state index contributed by atoms with van der Waals surface area (Å²) in [5.74, 6) is 0.527. The van der Waals surface area contributed by atoms with Crippen LogP contribution in [0, 0.1) is 0 Å². The number of urea groups is 1. The Morgan fingerprint density at radius 3 is 2.81 bits per heavy atom. The molecule has 0 aliphatic carbocycles. The van der Waals surface area contributed by atoms with Crippen LogP contribution in [0.2, 0.25) is 0 Å². The molecule has 2 rings (SSSR count). The molecule has 1 aliphatic heterocycles. The van der Waals surface area contributed by atoms with Crippen molar-refractivity contribution in [1.82, 2.24) is 4.90 Å². The Hall–Kier alpha value is -1.92. The zero-order chi connectivity index (χ0) is 15.5. The number of carbonyl (C=O) groups is 1. The van der Waals surface area contributed by atoms with Gasteiger partial charge in [-0.2, -0.15) is 13.2 Å². The third-order valence-electron chi connectivity index (χ3n) is 3.46. The molecule has 0 radical (unpaired) electrons. The van der Waals surface area contributed by atoms with Gasteiger partial charge in [0.2, 0.25) is 0 Å². The van der Waals surface area contributed by atoms with Crippen LogP contribution in [-0.4, -0.2) is 36.8 Å². The average Bonchev–Trinajstić information content (AvgIpc) is 2.46. The molecule has 1 atom stereocenters. The summed E-state index contributed by atoms with van der Waals surface area (Å²) in [7, 11) is 1.48. The van der Waals surface area contributed by atoms with E-state index < -0.39 is 18.2 Å². The van der Waals surface area contributed by atoms with Gasteiger partial charge >= 0.3 is 12.2 Å². The number of amides is 2. The molecule has 2 amide bonds. The van der Waals surface area contributed by atoms with E-state index in [4.69, 9.17) is 4.74 Å². The molecule has 1 N–H and O–H groups in total. The molecule has 0 bridgehead atoms. The molecule has 1 aromatic rings. The first-order chi connectivity index (χ1) is 9.91. The smallest absolute Gasteiger partial charge is 0.408 e. The number of hydrogen-bond donors (Lipinski definition) is 1. The number of hydrogen-bond acceptors (Lipinski definition) is 2. The highest BCUT2D eigenvalue weighted by Gasteiger charge is 2.46. The molecule has 0 spiro atoms. The van der Waals surface area contributed by atoms with Crippen LogP contribution >= 0.6 is 0 Å². The molecule has 4 nitrogen and oxygen atoms in total. The van der Waals surface area contributed by atoms with Crippen molar-refractivity contribution in [3.63, 3.8) is 0 Å². The fourth-order valence-electron chi connectivity index (χ4n) is 2.41. The molecule has 1 unspecified atom stereocenters. The first-order valence-corrected chi connectivity index (χ1v) is 6.70. The minimum absolute atomic E-state index is 0.0466. The summed E-state index contributed by atoms with van der Waals surface area (Å²) in [6, 6.07) is 4.07. The summed E-state index contributed by atoms with van der Waals surface area (Å²) < 4.78 is 43.9. The highest BCUT2D eigenvalue weighted by Crippen LogP contribution is 2.32. The number of carbonyl (C=O) groups excluding carboxylic acids is 1. The lowest BCUT2D eigenvalue weighted by Crippen LogP contribution is -2.52. The van der Waals surface area contributed by atoms with Crippen molar-refractivity contribution in [1.29, 1.82) is 0 Å². The Balaban J connectivity index is 2.10. The number of rotatable bonds is 2. The van der Waals surface area contributed by atoms with Crippen LogP contribution in [0.4, 0.5) is 23.7 Å². The average molecular weight is 302 g/mol. The number of anilines is 1. The Morgan fingerprint density at radius 2 is 2.14 bits per heavy atom. The summed E-state index contributed by atoms with van der Waals surface area (Å²) in [4.78, 5) is 13.0. The number of alkyl halides is 3. The Kier molecular flexibility index (Phi) is 4.59. The maximum atomic E-state index is 13.0. The molecular formula is C14H17F3N2O2. The van der Waals surface area contributed by atoms with Gasteiger partial charge in [0.25, 0.3) is 0 Å². The highest BCUT2D eigenvalue weighted by atomic mass is 19.4. The van der Waals surface area contributed by atoms with Gasteiger partial charge in [-0.1, -0.05) is 6.07 Å². The van der Waals surface area contributed by atoms with Crippen LogP contribution in [0.3, 0.4) is 0 Å². The lowest BCUT2D eigenvalue weighted by atomic mass is 10.0. The third kappa shape index (κ3) is 3.80. The van der Waals surface area contributed by atoms with E-state index in [9.17, 15) is 18.0 Å². The van der Waals surface area contributed by atoms with E-state index in [1.54, 1.807) is 24.3 Å². The maximum Gasteiger partial charge on any atom is 0.408 e. The molecule has 1 heterocycles. The normalized spacial score (nSPS) is 19.2. The predicted molar refractivity (Wildman–Crippen MR) is 72.4 cm³/mol. The largest absolute Gasteiger partial charge is 0.497 e. The Bertz CT molecular complexity index is 505. The number of piperidine rings is 1. The first-order valence-electron chi connectivity index (χ1n) is 6.70. The lowest BCUT2D eigenvalue weighted by molar-refractivity contribution is -0.181. The number of halogens is 3. The molecule has 1 saturated heterocycles. The summed E-state index contributed by atoms with van der Waals surface area (Å²) in [6.07, 6.45) is -3.38. The second-order valence-electron chi connectivity index (χ2n) is 4.91. The van der Waals surface area contributed by atoms with E-state index >= 15 is 0 Å². The van der Waals surface area contributed by atoms with Crippen molar-refractivity contribution < 1.29 is 22.7 Å². The summed E-state index contributed by atoms with van der Waals surface area (Å²) >= 11 is 0. The standard InChI is InChI=1S/C14H17F3N2O2/c1-21-11-6-4-5-10(9-11)18-13(20)19-8-3-2-7-12(19)14(15,16)17/h4-6,9,12H,2-3,7-8H2,1H3,(H,18,20). The van der Waals surface area contributed by atoms with Crippen LogP contribution < -0.4 is 10.1 Å². The quantitative estimate of drug-likeness (QED) is 0.906. The van der Waals surface area contributed by atoms with Crippen molar-refractivity contribution in [2.75, 3.05) is 19.0 Å². The molecule has 21 heavy (non-hydrogen) atoms. The van der Waals surface area contributed by atoms with Crippen LogP contribution in [0.1, 0.15) is 19.3 Å². The topological polar surface area (TPSA) is 41.6 Å². The van der Waals surface area contributed by atoms with Crippen LogP contribution in [-0.2, 0) is 0 Å². The second-order valence-corrected chi connectivity index (χ2v) is 4.91. The van der Waals surface area contributed by atoms with Crippen molar-refractivity contribution >= 4 is 11.7 Å². The second kappa shape index (κ2) is 6.24. The molecular weight excluding hydrogens is 285 g/mol. The van der Waals surface area contributed by atoms with E-state index in [0.717, 1.165) is 4.90 Å². The fraction of sp³-hybridized carbons (Fsp3) is 0.500. The van der Waals surface area contributed by atoms with Gasteiger partial charge in [-0.15, -0.1) is 0 Å². The highest BCUT2D eigenvalue weighted by molar-refractivity contribution is 5.89. The van der Waals surface area contributed by atoms with E-state index in [2.05, 4.69) is 5.32 Å². The Morgan fingerprint density at radius 1 is 1.38 bits per heavy atom. The zero-order valence-corrected chi connectivity index (χ0v) is 11.6. The molecule has 1 fully saturated rings. The maximum absolute atomic E-state index is 13.0. The SMILES string of the molecule is COc1cccc(NC(=O)N2CCCCC2C(F)(F)F)c1. The van der Waals surface area contributed by atoms with Gasteiger partial charge in [-0.05, 0) is 31.4 Å².